The molecule has 0 saturated heterocycles. The number of rotatable bonds is 7. The number of amides is 1. The molecule has 0 saturated carbocycles. The number of nitrogens with zero attached hydrogens (tertiary/aromatic N) is 3. The number of halogens is 1. The Balaban J connectivity index is 1.84. The van der Waals surface area contributed by atoms with Gasteiger partial charge >= 0.3 is 0 Å². The second-order valence-electron chi connectivity index (χ2n) is 7.97. The predicted octanol–water partition coefficient (Wildman–Crippen LogP) is 5.21. The van der Waals surface area contributed by atoms with Crippen LogP contribution in [0.5, 0.6) is 0 Å². The first-order valence-electron chi connectivity index (χ1n) is 9.69. The van der Waals surface area contributed by atoms with E-state index in [9.17, 15) is 4.79 Å². The first-order chi connectivity index (χ1) is 14.2. The van der Waals surface area contributed by atoms with Crippen LogP contribution in [-0.2, 0) is 4.79 Å². The van der Waals surface area contributed by atoms with Gasteiger partial charge < -0.3 is 10.6 Å². The van der Waals surface area contributed by atoms with Gasteiger partial charge in [-0.2, -0.15) is 0 Å². The number of carbonyl (C=O) groups excluding carboxylic acids is 1. The zero-order valence-electron chi connectivity index (χ0n) is 17.5. The molecule has 0 aliphatic rings. The Kier molecular flexibility index (Phi) is 7.20. The van der Waals surface area contributed by atoms with Crippen molar-refractivity contribution in [1.82, 2.24) is 20.1 Å². The third-order valence-electron chi connectivity index (χ3n) is 4.13. The molecule has 0 radical (unpaired) electrons. The smallest absolute Gasteiger partial charge is 0.230 e. The number of hydrogen-bond donors (Lipinski definition) is 2. The minimum Gasteiger partial charge on any atom is -0.375 e. The Hall–Kier alpha value is -2.32. The Morgan fingerprint density at radius 3 is 2.40 bits per heavy atom. The van der Waals surface area contributed by atoms with Crippen molar-refractivity contribution in [2.24, 2.45) is 0 Å². The molecule has 158 valence electrons. The normalized spacial score (nSPS) is 12.4. The summed E-state index contributed by atoms with van der Waals surface area (Å²) in [6.45, 7) is 7.95. The molecule has 8 heteroatoms. The van der Waals surface area contributed by atoms with Crippen LogP contribution in [0.25, 0.3) is 5.69 Å². The Morgan fingerprint density at radius 1 is 1.10 bits per heavy atom. The zero-order valence-corrected chi connectivity index (χ0v) is 19.9. The van der Waals surface area contributed by atoms with Crippen molar-refractivity contribution in [2.45, 2.75) is 44.4 Å². The number of aromatic nitrogens is 3. The van der Waals surface area contributed by atoms with Crippen molar-refractivity contribution in [2.75, 3.05) is 11.1 Å². The number of hydrogen-bond acceptors (Lipinski definition) is 5. The molecule has 6 nitrogen and oxygen atoms in total. The van der Waals surface area contributed by atoms with E-state index in [0.717, 1.165) is 21.7 Å². The topological polar surface area (TPSA) is 71.8 Å². The highest BCUT2D eigenvalue weighted by Crippen LogP contribution is 2.27. The van der Waals surface area contributed by atoms with Crippen LogP contribution in [0, 0.1) is 0 Å². The van der Waals surface area contributed by atoms with Gasteiger partial charge in [0.05, 0.1) is 11.8 Å². The zero-order chi connectivity index (χ0) is 21.7. The highest BCUT2D eigenvalue weighted by Gasteiger charge is 2.21. The van der Waals surface area contributed by atoms with E-state index < -0.39 is 0 Å². The van der Waals surface area contributed by atoms with E-state index >= 15 is 0 Å². The molecule has 3 rings (SSSR count). The van der Waals surface area contributed by atoms with Crippen LogP contribution in [0.3, 0.4) is 0 Å². The van der Waals surface area contributed by atoms with Crippen LogP contribution in [0.4, 0.5) is 5.69 Å². The second-order valence-corrected chi connectivity index (χ2v) is 9.83. The van der Waals surface area contributed by atoms with E-state index in [0.29, 0.717) is 5.16 Å². The molecular weight excluding hydrogens is 462 g/mol. The predicted molar refractivity (Wildman–Crippen MR) is 126 cm³/mol. The molecule has 0 fully saturated rings. The molecule has 1 heterocycles. The van der Waals surface area contributed by atoms with Crippen LogP contribution >= 0.6 is 27.7 Å². The molecule has 1 aromatic heterocycles. The van der Waals surface area contributed by atoms with Crippen LogP contribution in [0.15, 0.2) is 64.2 Å². The fourth-order valence-electron chi connectivity index (χ4n) is 2.92. The number of benzene rings is 2. The van der Waals surface area contributed by atoms with Crippen molar-refractivity contribution in [1.29, 1.82) is 0 Å². The van der Waals surface area contributed by atoms with Gasteiger partial charge in [0.2, 0.25) is 5.91 Å². The van der Waals surface area contributed by atoms with Crippen molar-refractivity contribution in [3.8, 4) is 5.69 Å². The lowest BCUT2D eigenvalue weighted by atomic mass is 10.1. The Bertz CT molecular complexity index is 983. The summed E-state index contributed by atoms with van der Waals surface area (Å²) in [5.74, 6) is 1.03. The number of anilines is 1. The van der Waals surface area contributed by atoms with Crippen LogP contribution in [0.2, 0.25) is 0 Å². The SMILES string of the molecule is C[C@H](Nc1ccc(Br)cc1)c1nnc(SCC(=O)NC(C)(C)C)n1-c1ccccc1. The van der Waals surface area contributed by atoms with Gasteiger partial charge in [0.25, 0.3) is 0 Å². The van der Waals surface area contributed by atoms with Gasteiger partial charge in [0.1, 0.15) is 0 Å². The Labute approximate surface area is 190 Å². The van der Waals surface area contributed by atoms with E-state index in [-0.39, 0.29) is 23.2 Å². The first kappa shape index (κ1) is 22.4. The summed E-state index contributed by atoms with van der Waals surface area (Å²) in [7, 11) is 0. The van der Waals surface area contributed by atoms with E-state index in [2.05, 4.69) is 36.8 Å². The lowest BCUT2D eigenvalue weighted by molar-refractivity contribution is -0.119. The standard InChI is InChI=1S/C22H26BrN5OS/c1-15(24-17-12-10-16(23)11-13-17)20-26-27-21(28(20)18-8-6-5-7-9-18)30-14-19(29)25-22(2,3)4/h5-13,15,24H,14H2,1-4H3,(H,25,29)/t15-/m0/s1. The molecule has 3 aromatic rings. The summed E-state index contributed by atoms with van der Waals surface area (Å²) in [4.78, 5) is 12.3. The maximum atomic E-state index is 12.3. The number of para-hydroxylation sites is 1. The summed E-state index contributed by atoms with van der Waals surface area (Å²) in [6.07, 6.45) is 0. The van der Waals surface area contributed by atoms with Gasteiger partial charge in [-0.3, -0.25) is 9.36 Å². The van der Waals surface area contributed by atoms with E-state index in [4.69, 9.17) is 0 Å². The molecule has 30 heavy (non-hydrogen) atoms. The molecule has 1 amide bonds. The minimum atomic E-state index is -0.265. The van der Waals surface area contributed by atoms with Gasteiger partial charge in [0.15, 0.2) is 11.0 Å². The van der Waals surface area contributed by atoms with E-state index in [1.54, 1.807) is 0 Å². The summed E-state index contributed by atoms with van der Waals surface area (Å²) >= 11 is 4.84. The molecule has 0 unspecified atom stereocenters. The summed E-state index contributed by atoms with van der Waals surface area (Å²) < 4.78 is 3.03. The highest BCUT2D eigenvalue weighted by atomic mass is 79.9. The second kappa shape index (κ2) is 9.66. The van der Waals surface area contributed by atoms with Crippen molar-refractivity contribution in [3.63, 3.8) is 0 Å². The van der Waals surface area contributed by atoms with Gasteiger partial charge in [-0.25, -0.2) is 0 Å². The highest BCUT2D eigenvalue weighted by molar-refractivity contribution is 9.10. The summed E-state index contributed by atoms with van der Waals surface area (Å²) in [5, 5.41) is 16.0. The molecular formula is C22H26BrN5OS. The van der Waals surface area contributed by atoms with Gasteiger partial charge in [-0.05, 0) is 64.1 Å². The third kappa shape index (κ3) is 6.09. The number of nitrogens with one attached hydrogen (secondary N) is 2. The molecule has 0 aliphatic carbocycles. The summed E-state index contributed by atoms with van der Waals surface area (Å²) in [6, 6.07) is 17.9. The molecule has 2 N–H and O–H groups in total. The maximum absolute atomic E-state index is 12.3. The third-order valence-corrected chi connectivity index (χ3v) is 5.59. The molecule has 1 atom stereocenters. The van der Waals surface area contributed by atoms with Crippen LogP contribution in [-0.4, -0.2) is 32.0 Å². The molecule has 2 aromatic carbocycles. The lowest BCUT2D eigenvalue weighted by Crippen LogP contribution is -2.41. The number of thioether (sulfide) groups is 1. The number of carbonyl (C=O) groups is 1. The quantitative estimate of drug-likeness (QED) is 0.447. The van der Waals surface area contributed by atoms with Gasteiger partial charge in [0, 0.05) is 21.4 Å². The van der Waals surface area contributed by atoms with Crippen molar-refractivity contribution >= 4 is 39.3 Å². The minimum absolute atomic E-state index is 0.0299. The van der Waals surface area contributed by atoms with E-state index in [1.165, 1.54) is 11.8 Å². The van der Waals surface area contributed by atoms with Crippen LogP contribution < -0.4 is 10.6 Å². The molecule has 0 aliphatic heterocycles. The first-order valence-corrected chi connectivity index (χ1v) is 11.5. The fourth-order valence-corrected chi connectivity index (χ4v) is 3.94. The lowest BCUT2D eigenvalue weighted by Gasteiger charge is -2.20. The monoisotopic (exact) mass is 487 g/mol. The van der Waals surface area contributed by atoms with Crippen molar-refractivity contribution < 1.29 is 4.79 Å². The average Bonchev–Trinajstić information content (AvgIpc) is 3.12. The Morgan fingerprint density at radius 2 is 1.77 bits per heavy atom. The van der Waals surface area contributed by atoms with Crippen LogP contribution in [0.1, 0.15) is 39.6 Å². The fraction of sp³-hybridized carbons (Fsp3) is 0.318. The molecule has 0 spiro atoms. The average molecular weight is 488 g/mol. The van der Waals surface area contributed by atoms with Gasteiger partial charge in [-0.15, -0.1) is 10.2 Å². The van der Waals surface area contributed by atoms with Gasteiger partial charge in [-0.1, -0.05) is 45.9 Å². The summed E-state index contributed by atoms with van der Waals surface area (Å²) in [5.41, 5.74) is 1.69. The molecule has 0 bridgehead atoms. The van der Waals surface area contributed by atoms with Crippen molar-refractivity contribution in [3.05, 3.63) is 64.9 Å². The maximum Gasteiger partial charge on any atom is 0.230 e. The largest absolute Gasteiger partial charge is 0.375 e. The van der Waals surface area contributed by atoms with E-state index in [1.807, 2.05) is 86.9 Å².